The Morgan fingerprint density at radius 1 is 0.939 bits per heavy atom. The number of nitrogens with zero attached hydrogens (tertiary/aromatic N) is 6. The number of hydrogen-bond acceptors (Lipinski definition) is 20. The van der Waals surface area contributed by atoms with Crippen LogP contribution in [0.2, 0.25) is 0 Å². The third kappa shape index (κ3) is 14.7. The number of aliphatic hydroxyl groups excluding tert-OH is 3. The number of pyridine rings is 1. The van der Waals surface area contributed by atoms with Crippen molar-refractivity contribution in [3.05, 3.63) is 66.2 Å². The van der Waals surface area contributed by atoms with Crippen molar-refractivity contribution in [3.63, 3.8) is 0 Å². The fraction of sp³-hybridized carbons (Fsp3) is 0.750. The first-order valence-electron chi connectivity index (χ1n) is 29.3. The van der Waals surface area contributed by atoms with Crippen LogP contribution in [0.5, 0.6) is 0 Å². The fourth-order valence-electron chi connectivity index (χ4n) is 12.8. The van der Waals surface area contributed by atoms with Gasteiger partial charge in [-0.25, -0.2) is 9.07 Å². The minimum atomic E-state index is -1.95. The number of hydrogen-bond donors (Lipinski definition) is 5. The maximum atomic E-state index is 15.0. The molecule has 4 aliphatic rings. The molecular weight excluding hydrogens is 1060 g/mol. The van der Waals surface area contributed by atoms with E-state index in [1.807, 2.05) is 76.0 Å². The fourth-order valence-corrected chi connectivity index (χ4v) is 12.8. The second kappa shape index (κ2) is 28.4. The Balaban J connectivity index is 1.18. The topological polar surface area (TPSA) is 252 Å². The third-order valence-electron chi connectivity index (χ3n) is 18.1. The molecule has 3 aromatic rings. The summed E-state index contributed by atoms with van der Waals surface area (Å²) in [6.45, 7) is 18.8. The minimum absolute atomic E-state index is 0.0928. The van der Waals surface area contributed by atoms with Crippen molar-refractivity contribution in [1.82, 2.24) is 30.2 Å². The molecule has 0 bridgehead atoms. The molecule has 0 spiro atoms. The van der Waals surface area contributed by atoms with E-state index in [1.165, 1.54) is 18.7 Å². The first kappa shape index (κ1) is 65.4. The van der Waals surface area contributed by atoms with Gasteiger partial charge in [-0.1, -0.05) is 68.4 Å². The van der Waals surface area contributed by atoms with E-state index >= 15 is 4.39 Å². The number of aromatic nitrogens is 4. The standard InChI is InChI=1S/C60H94FN7O14/c1-15-47-60(10,73)53(70)36(4)49(65-82-44-22-25-63-32-44)34(2)28-59(9,76-14)55(37(5)51(38(6)56(72)79-47)80-48-29-58(8,75-13)54(71)39(7)78-48)81-57-50(69)45(27-35(3)77-57)67(11)26-23-43-33-68(66-64-43)46(30-61)52(74-12)41-20-18-40(19-21-41)42-17-16-24-62-31-42/h16-21,24,31,33-39,44-48,50-55,57,63,69-71,73H,15,22-23,25-30,32H2,1-14H3/b65-49+/t34-,35-,36+,37+,38-,39+,44-,45+,46-,47-,48+,50-,51+,52-,53-,54+,55-,57+,58-,59-,60-/m1/s1. The summed E-state index contributed by atoms with van der Waals surface area (Å²) in [5, 5.41) is 65.1. The van der Waals surface area contributed by atoms with Crippen molar-refractivity contribution in [1.29, 1.82) is 0 Å². The molecule has 4 fully saturated rings. The Morgan fingerprint density at radius 3 is 2.28 bits per heavy atom. The molecule has 0 unspecified atom stereocenters. The summed E-state index contributed by atoms with van der Waals surface area (Å²) in [4.78, 5) is 27.2. The van der Waals surface area contributed by atoms with Crippen LogP contribution in [0.25, 0.3) is 11.1 Å². The molecule has 1 aromatic carbocycles. The Bertz CT molecular complexity index is 2490. The highest BCUT2D eigenvalue weighted by atomic mass is 19.1. The SMILES string of the molecule is CC[C@H]1OC(=O)[C@H](C)[C@@H](O[C@H]2C[C@@](C)(OC)[C@@H](O)[C@H](C)O2)[C@H](C)[C@@H](O[C@@H]2O[C@H](C)C[C@H](N(C)CCc3cn([C@H](CF)[C@H](OC)c4ccc(-c5cccnc5)cc4)nn3)[C@H]2O)[C@](C)(OC)C[C@@H](C)/C(=N\O[C@@H]2CCNC2)[C@H](C)[C@@H](O)[C@]1(C)O. The molecule has 0 aliphatic carbocycles. The van der Waals surface area contributed by atoms with Gasteiger partial charge in [-0.2, -0.15) is 0 Å². The molecule has 4 aliphatic heterocycles. The predicted molar refractivity (Wildman–Crippen MR) is 303 cm³/mol. The number of ether oxygens (including phenoxy) is 8. The lowest BCUT2D eigenvalue weighted by Crippen LogP contribution is -2.61. The molecule has 6 heterocycles. The summed E-state index contributed by atoms with van der Waals surface area (Å²) < 4.78 is 68.2. The van der Waals surface area contributed by atoms with Gasteiger partial charge >= 0.3 is 5.97 Å². The molecular formula is C60H94FN7O14. The molecule has 460 valence electrons. The van der Waals surface area contributed by atoms with E-state index in [0.717, 1.165) is 29.7 Å². The highest BCUT2D eigenvalue weighted by Crippen LogP contribution is 2.43. The van der Waals surface area contributed by atoms with E-state index in [4.69, 9.17) is 47.9 Å². The van der Waals surface area contributed by atoms with Gasteiger partial charge in [0.25, 0.3) is 0 Å². The molecule has 0 amide bonds. The molecule has 7 rings (SSSR count). The molecule has 21 atom stereocenters. The van der Waals surface area contributed by atoms with E-state index in [9.17, 15) is 25.2 Å². The largest absolute Gasteiger partial charge is 0.459 e. The van der Waals surface area contributed by atoms with Crippen molar-refractivity contribution < 1.29 is 72.3 Å². The Labute approximate surface area is 483 Å². The Hall–Kier alpha value is -4.14. The van der Waals surface area contributed by atoms with Crippen molar-refractivity contribution in [2.75, 3.05) is 54.7 Å². The van der Waals surface area contributed by atoms with Crippen LogP contribution >= 0.6 is 0 Å². The monoisotopic (exact) mass is 1160 g/mol. The number of halogens is 1. The number of likely N-dealkylation sites (N-methyl/N-ethyl adjacent to an activating group) is 1. The van der Waals surface area contributed by atoms with Crippen molar-refractivity contribution >= 4 is 11.7 Å². The average molecular weight is 1160 g/mol. The second-order valence-electron chi connectivity index (χ2n) is 24.2. The van der Waals surface area contributed by atoms with Gasteiger partial charge < -0.3 is 73.4 Å². The molecule has 0 saturated carbocycles. The minimum Gasteiger partial charge on any atom is -0.459 e. The van der Waals surface area contributed by atoms with Crippen molar-refractivity contribution in [2.24, 2.45) is 28.8 Å². The number of methoxy groups -OCH3 is 3. The van der Waals surface area contributed by atoms with Crippen LogP contribution in [0.3, 0.4) is 0 Å². The van der Waals surface area contributed by atoms with E-state index in [1.54, 1.807) is 67.4 Å². The highest BCUT2D eigenvalue weighted by molar-refractivity contribution is 5.89. The summed E-state index contributed by atoms with van der Waals surface area (Å²) in [5.74, 6) is -3.87. The van der Waals surface area contributed by atoms with Gasteiger partial charge in [-0.3, -0.25) is 9.78 Å². The average Bonchev–Trinajstić information content (AvgIpc) is 4.32. The Morgan fingerprint density at radius 2 is 1.66 bits per heavy atom. The van der Waals surface area contributed by atoms with Crippen LogP contribution in [0, 0.1) is 23.7 Å². The zero-order valence-electron chi connectivity index (χ0n) is 50.6. The zero-order chi connectivity index (χ0) is 59.8. The zero-order valence-corrected chi connectivity index (χ0v) is 50.6. The van der Waals surface area contributed by atoms with Crippen LogP contribution in [0.1, 0.15) is 125 Å². The predicted octanol–water partition coefficient (Wildman–Crippen LogP) is 5.77. The Kier molecular flexibility index (Phi) is 22.6. The summed E-state index contributed by atoms with van der Waals surface area (Å²) in [5.41, 5.74) is -0.539. The highest BCUT2D eigenvalue weighted by Gasteiger charge is 2.54. The van der Waals surface area contributed by atoms with Gasteiger partial charge in [0.2, 0.25) is 0 Å². The third-order valence-corrected chi connectivity index (χ3v) is 18.1. The van der Waals surface area contributed by atoms with Gasteiger partial charge in [0.15, 0.2) is 12.6 Å². The van der Waals surface area contributed by atoms with Gasteiger partial charge in [-0.15, -0.1) is 5.10 Å². The molecule has 2 aromatic heterocycles. The summed E-state index contributed by atoms with van der Waals surface area (Å²) in [6.07, 6.45) is -3.94. The number of carbonyl (C=O) groups is 1. The molecule has 22 heteroatoms. The number of alkyl halides is 1. The van der Waals surface area contributed by atoms with E-state index in [0.29, 0.717) is 37.3 Å². The van der Waals surface area contributed by atoms with Crippen LogP contribution in [0.15, 0.2) is 60.1 Å². The lowest BCUT2D eigenvalue weighted by Gasteiger charge is -2.50. The first-order valence-corrected chi connectivity index (χ1v) is 29.3. The lowest BCUT2D eigenvalue weighted by molar-refractivity contribution is -0.319. The number of carbonyl (C=O) groups excluding carboxylic acids is 1. The quantitative estimate of drug-likeness (QED) is 0.0706. The van der Waals surface area contributed by atoms with Crippen LogP contribution in [-0.2, 0) is 53.9 Å². The van der Waals surface area contributed by atoms with Crippen molar-refractivity contribution in [3.8, 4) is 11.1 Å². The first-order chi connectivity index (χ1) is 38.9. The second-order valence-corrected chi connectivity index (χ2v) is 24.2. The van der Waals surface area contributed by atoms with Gasteiger partial charge in [0.1, 0.15) is 48.8 Å². The van der Waals surface area contributed by atoms with Crippen LogP contribution < -0.4 is 5.32 Å². The number of nitrogens with one attached hydrogen (secondary N) is 1. The van der Waals surface area contributed by atoms with Crippen molar-refractivity contribution in [2.45, 2.75) is 210 Å². The smallest absolute Gasteiger partial charge is 0.311 e. The lowest BCUT2D eigenvalue weighted by atomic mass is 9.73. The summed E-state index contributed by atoms with van der Waals surface area (Å²) >= 11 is 0. The van der Waals surface area contributed by atoms with E-state index < -0.39 is 133 Å². The molecule has 5 N–H and O–H groups in total. The van der Waals surface area contributed by atoms with Gasteiger partial charge in [0, 0.05) is 96.1 Å². The number of cyclic esters (lactones) is 1. The molecule has 0 radical (unpaired) electrons. The van der Waals surface area contributed by atoms with Crippen LogP contribution in [0.4, 0.5) is 4.39 Å². The number of aliphatic hydroxyl groups is 4. The van der Waals surface area contributed by atoms with E-state index in [-0.39, 0.29) is 25.4 Å². The van der Waals surface area contributed by atoms with Crippen LogP contribution in [-0.4, -0.2) is 202 Å². The number of esters is 1. The number of rotatable bonds is 19. The summed E-state index contributed by atoms with van der Waals surface area (Å²) in [6, 6.07) is 10.3. The maximum absolute atomic E-state index is 15.0. The maximum Gasteiger partial charge on any atom is 0.311 e. The number of oxime groups is 1. The molecule has 21 nitrogen and oxygen atoms in total. The van der Waals surface area contributed by atoms with Gasteiger partial charge in [0.05, 0.1) is 59.0 Å². The normalized spacial score (nSPS) is 38.5. The molecule has 4 saturated heterocycles. The molecule has 82 heavy (non-hydrogen) atoms. The summed E-state index contributed by atoms with van der Waals surface area (Å²) in [7, 11) is 6.53. The van der Waals surface area contributed by atoms with E-state index in [2.05, 4.69) is 20.6 Å². The number of benzene rings is 1. The van der Waals surface area contributed by atoms with Gasteiger partial charge in [-0.05, 0) is 97.2 Å².